The van der Waals surface area contributed by atoms with Crippen LogP contribution in [0, 0.1) is 6.92 Å². The van der Waals surface area contributed by atoms with E-state index < -0.39 is 18.6 Å². The number of aliphatic hydroxyl groups is 2. The molecule has 0 saturated heterocycles. The van der Waals surface area contributed by atoms with Gasteiger partial charge in [-0.3, -0.25) is 14.3 Å². The zero-order chi connectivity index (χ0) is 17.1. The van der Waals surface area contributed by atoms with Gasteiger partial charge in [0.2, 0.25) is 5.91 Å². The van der Waals surface area contributed by atoms with Crippen LogP contribution >= 0.6 is 0 Å². The Morgan fingerprint density at radius 1 is 1.35 bits per heavy atom. The van der Waals surface area contributed by atoms with Gasteiger partial charge in [-0.25, -0.2) is 4.68 Å². The van der Waals surface area contributed by atoms with Crippen molar-refractivity contribution in [2.75, 3.05) is 17.7 Å². The van der Waals surface area contributed by atoms with E-state index in [1.54, 1.807) is 42.9 Å². The minimum Gasteiger partial charge on any atom is -0.394 e. The predicted molar refractivity (Wildman–Crippen MR) is 86.5 cm³/mol. The summed E-state index contributed by atoms with van der Waals surface area (Å²) in [6.07, 6.45) is -1.27. The first-order chi connectivity index (χ1) is 10.8. The average molecular weight is 320 g/mol. The summed E-state index contributed by atoms with van der Waals surface area (Å²) in [5, 5.41) is 20.5. The van der Waals surface area contributed by atoms with Crippen LogP contribution < -0.4 is 16.6 Å². The quantitative estimate of drug-likeness (QED) is 0.605. The van der Waals surface area contributed by atoms with Crippen molar-refractivity contribution in [2.24, 2.45) is 7.05 Å². The standard InChI is InChI=1S/C15H20N4O4/c1-9-14(16)15(23)19(18(9)2)11-5-3-10(4-6-11)17-13(22)7-12(21)8-20/h3-6,12,20-21H,7-8,16H2,1-2H3,(H,17,22). The molecule has 1 amide bonds. The lowest BCUT2D eigenvalue weighted by molar-refractivity contribution is -0.118. The van der Waals surface area contributed by atoms with Crippen LogP contribution in [0.15, 0.2) is 29.1 Å². The maximum absolute atomic E-state index is 12.1. The third kappa shape index (κ3) is 3.43. The Bertz CT molecular complexity index is 761. The summed E-state index contributed by atoms with van der Waals surface area (Å²) in [7, 11) is 1.74. The van der Waals surface area contributed by atoms with E-state index in [1.165, 1.54) is 4.68 Å². The second-order valence-corrected chi connectivity index (χ2v) is 5.28. The molecule has 0 radical (unpaired) electrons. The van der Waals surface area contributed by atoms with Crippen molar-refractivity contribution in [3.8, 4) is 5.69 Å². The van der Waals surface area contributed by atoms with Gasteiger partial charge < -0.3 is 21.3 Å². The van der Waals surface area contributed by atoms with Crippen molar-refractivity contribution in [1.82, 2.24) is 9.36 Å². The fraction of sp³-hybridized carbons (Fsp3) is 0.333. The Labute approximate surface area is 132 Å². The monoisotopic (exact) mass is 320 g/mol. The Hall–Kier alpha value is -2.58. The number of nitrogens with one attached hydrogen (secondary N) is 1. The molecule has 2 rings (SSSR count). The van der Waals surface area contributed by atoms with E-state index >= 15 is 0 Å². The maximum Gasteiger partial charge on any atom is 0.294 e. The largest absolute Gasteiger partial charge is 0.394 e. The Morgan fingerprint density at radius 3 is 2.43 bits per heavy atom. The Morgan fingerprint density at radius 2 is 1.96 bits per heavy atom. The van der Waals surface area contributed by atoms with Crippen LogP contribution in [0.5, 0.6) is 0 Å². The number of nitrogen functional groups attached to an aromatic ring is 1. The molecule has 0 saturated carbocycles. The van der Waals surface area contributed by atoms with Gasteiger partial charge in [0.05, 0.1) is 30.5 Å². The number of anilines is 2. The summed E-state index contributed by atoms with van der Waals surface area (Å²) in [6.45, 7) is 1.29. The number of carbonyl (C=O) groups is 1. The summed E-state index contributed by atoms with van der Waals surface area (Å²) in [4.78, 5) is 23.8. The number of hydrogen-bond donors (Lipinski definition) is 4. The molecule has 0 bridgehead atoms. The summed E-state index contributed by atoms with van der Waals surface area (Å²) < 4.78 is 3.09. The first-order valence-electron chi connectivity index (χ1n) is 7.08. The highest BCUT2D eigenvalue weighted by molar-refractivity contribution is 5.91. The van der Waals surface area contributed by atoms with Crippen molar-refractivity contribution in [2.45, 2.75) is 19.4 Å². The highest BCUT2D eigenvalue weighted by atomic mass is 16.3. The number of nitrogens with two attached hydrogens (primary N) is 1. The van der Waals surface area contributed by atoms with Gasteiger partial charge >= 0.3 is 0 Å². The fourth-order valence-electron chi connectivity index (χ4n) is 2.20. The van der Waals surface area contributed by atoms with Gasteiger partial charge in [0.1, 0.15) is 5.69 Å². The van der Waals surface area contributed by atoms with Gasteiger partial charge in [-0.2, -0.15) is 0 Å². The molecule has 5 N–H and O–H groups in total. The van der Waals surface area contributed by atoms with Crippen molar-refractivity contribution < 1.29 is 15.0 Å². The molecule has 8 nitrogen and oxygen atoms in total. The molecule has 0 aliphatic carbocycles. The van der Waals surface area contributed by atoms with Crippen LogP contribution in [-0.2, 0) is 11.8 Å². The molecule has 1 aromatic heterocycles. The molecule has 0 aliphatic rings. The Kier molecular flexibility index (Phi) is 4.87. The van der Waals surface area contributed by atoms with E-state index in [-0.39, 0.29) is 17.7 Å². The molecule has 1 unspecified atom stereocenters. The molecule has 23 heavy (non-hydrogen) atoms. The highest BCUT2D eigenvalue weighted by Crippen LogP contribution is 2.15. The van der Waals surface area contributed by atoms with Gasteiger partial charge in [-0.15, -0.1) is 0 Å². The van der Waals surface area contributed by atoms with Crippen LogP contribution in [0.3, 0.4) is 0 Å². The minimum atomic E-state index is -1.08. The molecule has 0 spiro atoms. The van der Waals surface area contributed by atoms with E-state index in [0.29, 0.717) is 17.1 Å². The Balaban J connectivity index is 2.19. The molecule has 0 fully saturated rings. The summed E-state index contributed by atoms with van der Waals surface area (Å²) >= 11 is 0. The van der Waals surface area contributed by atoms with Gasteiger partial charge in [0.25, 0.3) is 5.56 Å². The number of hydrogen-bond acceptors (Lipinski definition) is 5. The topological polar surface area (TPSA) is 123 Å². The van der Waals surface area contributed by atoms with Crippen molar-refractivity contribution in [3.05, 3.63) is 40.3 Å². The molecular weight excluding hydrogens is 300 g/mol. The van der Waals surface area contributed by atoms with Crippen LogP contribution in [0.4, 0.5) is 11.4 Å². The lowest BCUT2D eigenvalue weighted by Crippen LogP contribution is -2.22. The molecule has 1 aromatic carbocycles. The lowest BCUT2D eigenvalue weighted by atomic mass is 10.2. The van der Waals surface area contributed by atoms with Crippen molar-refractivity contribution in [3.63, 3.8) is 0 Å². The number of rotatable bonds is 5. The SMILES string of the molecule is Cc1c(N)c(=O)n(-c2ccc(NC(=O)CC(O)CO)cc2)n1C. The molecular formula is C15H20N4O4. The number of aliphatic hydroxyl groups excluding tert-OH is 2. The van der Waals surface area contributed by atoms with E-state index in [0.717, 1.165) is 0 Å². The number of aromatic nitrogens is 2. The first-order valence-corrected chi connectivity index (χ1v) is 7.08. The van der Waals surface area contributed by atoms with E-state index in [2.05, 4.69) is 5.32 Å². The van der Waals surface area contributed by atoms with Gasteiger partial charge in [0, 0.05) is 12.7 Å². The smallest absolute Gasteiger partial charge is 0.294 e. The zero-order valence-electron chi connectivity index (χ0n) is 13.0. The fourth-order valence-corrected chi connectivity index (χ4v) is 2.20. The molecule has 1 heterocycles. The normalized spacial score (nSPS) is 12.2. The highest BCUT2D eigenvalue weighted by Gasteiger charge is 2.13. The maximum atomic E-state index is 12.1. The van der Waals surface area contributed by atoms with Crippen LogP contribution in [-0.4, -0.2) is 38.2 Å². The second kappa shape index (κ2) is 6.67. The van der Waals surface area contributed by atoms with E-state index in [4.69, 9.17) is 10.8 Å². The molecule has 8 heteroatoms. The van der Waals surface area contributed by atoms with Gasteiger partial charge in [-0.1, -0.05) is 0 Å². The molecule has 2 aromatic rings. The summed E-state index contributed by atoms with van der Waals surface area (Å²) in [5.74, 6) is -0.407. The number of carbonyl (C=O) groups excluding carboxylic acids is 1. The number of benzene rings is 1. The van der Waals surface area contributed by atoms with E-state index in [1.807, 2.05) is 0 Å². The van der Waals surface area contributed by atoms with Gasteiger partial charge in [0.15, 0.2) is 0 Å². The predicted octanol–water partition coefficient (Wildman–Crippen LogP) is -0.252. The van der Waals surface area contributed by atoms with Crippen molar-refractivity contribution in [1.29, 1.82) is 0 Å². The molecule has 124 valence electrons. The summed E-state index contributed by atoms with van der Waals surface area (Å²) in [5.41, 5.74) is 7.45. The van der Waals surface area contributed by atoms with E-state index in [9.17, 15) is 14.7 Å². The average Bonchev–Trinajstić information content (AvgIpc) is 2.72. The second-order valence-electron chi connectivity index (χ2n) is 5.28. The number of amides is 1. The third-order valence-electron chi connectivity index (χ3n) is 3.63. The summed E-state index contributed by atoms with van der Waals surface area (Å²) in [6, 6.07) is 6.64. The molecule has 1 atom stereocenters. The van der Waals surface area contributed by atoms with Crippen molar-refractivity contribution >= 4 is 17.3 Å². The number of nitrogens with zero attached hydrogens (tertiary/aromatic N) is 2. The van der Waals surface area contributed by atoms with Gasteiger partial charge in [-0.05, 0) is 31.2 Å². The molecule has 0 aliphatic heterocycles. The lowest BCUT2D eigenvalue weighted by Gasteiger charge is -2.11. The van der Waals surface area contributed by atoms with Crippen LogP contribution in [0.1, 0.15) is 12.1 Å². The minimum absolute atomic E-state index is 0.189. The van der Waals surface area contributed by atoms with Crippen LogP contribution in [0.25, 0.3) is 5.69 Å². The van der Waals surface area contributed by atoms with Crippen LogP contribution in [0.2, 0.25) is 0 Å². The third-order valence-corrected chi connectivity index (χ3v) is 3.63. The first kappa shape index (κ1) is 16.8. The zero-order valence-corrected chi connectivity index (χ0v) is 13.0.